The molecular formula is C16H19NO3S. The summed E-state index contributed by atoms with van der Waals surface area (Å²) in [5, 5.41) is 11.6. The lowest BCUT2D eigenvalue weighted by molar-refractivity contribution is -0.131. The van der Waals surface area contributed by atoms with E-state index in [-0.39, 0.29) is 11.8 Å². The molecule has 0 bridgehead atoms. The maximum absolute atomic E-state index is 12.2. The van der Waals surface area contributed by atoms with E-state index in [9.17, 15) is 9.59 Å². The van der Waals surface area contributed by atoms with Crippen molar-refractivity contribution < 1.29 is 14.7 Å². The summed E-state index contributed by atoms with van der Waals surface area (Å²) in [6, 6.07) is 3.81. The molecule has 2 N–H and O–H groups in total. The van der Waals surface area contributed by atoms with Gasteiger partial charge >= 0.3 is 5.97 Å². The second-order valence-electron chi connectivity index (χ2n) is 5.83. The van der Waals surface area contributed by atoms with Gasteiger partial charge in [-0.15, -0.1) is 11.3 Å². The number of fused-ring (bicyclic) bond motifs is 1. The minimum Gasteiger partial charge on any atom is -0.478 e. The van der Waals surface area contributed by atoms with Gasteiger partial charge in [0.15, 0.2) is 0 Å². The van der Waals surface area contributed by atoms with E-state index in [0.29, 0.717) is 18.4 Å². The maximum Gasteiger partial charge on any atom is 0.328 e. The number of carbonyl (C=O) groups is 2. The summed E-state index contributed by atoms with van der Waals surface area (Å²) < 4.78 is 0. The number of nitrogens with one attached hydrogen (secondary N) is 1. The van der Waals surface area contributed by atoms with Crippen molar-refractivity contribution in [2.45, 2.75) is 32.2 Å². The van der Waals surface area contributed by atoms with Crippen molar-refractivity contribution in [1.29, 1.82) is 0 Å². The molecule has 3 rings (SSSR count). The molecule has 2 atom stereocenters. The van der Waals surface area contributed by atoms with E-state index in [1.165, 1.54) is 37.0 Å². The van der Waals surface area contributed by atoms with Crippen molar-refractivity contribution >= 4 is 29.3 Å². The van der Waals surface area contributed by atoms with Crippen molar-refractivity contribution in [1.82, 2.24) is 5.32 Å². The summed E-state index contributed by atoms with van der Waals surface area (Å²) >= 11 is 1.51. The van der Waals surface area contributed by atoms with Crippen molar-refractivity contribution in [3.63, 3.8) is 0 Å². The smallest absolute Gasteiger partial charge is 0.328 e. The second kappa shape index (κ2) is 6.02. The van der Waals surface area contributed by atoms with Gasteiger partial charge in [0.25, 0.3) is 0 Å². The molecule has 1 aromatic rings. The Morgan fingerprint density at radius 1 is 1.29 bits per heavy atom. The second-order valence-corrected chi connectivity index (χ2v) is 7.03. The Balaban J connectivity index is 1.49. The van der Waals surface area contributed by atoms with Gasteiger partial charge in [-0.25, -0.2) is 4.79 Å². The van der Waals surface area contributed by atoms with E-state index in [1.807, 2.05) is 12.1 Å². The standard InChI is InChI=1S/C16H19NO3S/c18-14(19)8-7-10-5-6-11(21-10)9-17-16(20)15-12-3-1-2-4-13(12)15/h5-8,12-13,15H,1-4,9H2,(H,17,20)(H,18,19)/b8-7+. The zero-order valence-corrected chi connectivity index (χ0v) is 12.6. The third-order valence-electron chi connectivity index (χ3n) is 4.47. The molecular weight excluding hydrogens is 286 g/mol. The number of aliphatic carboxylic acids is 1. The van der Waals surface area contributed by atoms with Crippen LogP contribution in [0.15, 0.2) is 18.2 Å². The Morgan fingerprint density at radius 2 is 2.00 bits per heavy atom. The SMILES string of the molecule is O=C(O)/C=C/c1ccc(CNC(=O)C2C3CCCCC32)s1. The zero-order valence-electron chi connectivity index (χ0n) is 11.7. The molecule has 2 aliphatic rings. The van der Waals surface area contributed by atoms with E-state index >= 15 is 0 Å². The summed E-state index contributed by atoms with van der Waals surface area (Å²) in [6.45, 7) is 0.542. The van der Waals surface area contributed by atoms with Gasteiger partial charge in [-0.3, -0.25) is 4.79 Å². The first-order chi connectivity index (χ1) is 10.1. The highest BCUT2D eigenvalue weighted by molar-refractivity contribution is 7.12. The molecule has 2 fully saturated rings. The molecule has 2 aliphatic carbocycles. The highest BCUT2D eigenvalue weighted by Crippen LogP contribution is 2.55. The number of thiophene rings is 1. The summed E-state index contributed by atoms with van der Waals surface area (Å²) in [5.74, 6) is 0.767. The molecule has 21 heavy (non-hydrogen) atoms. The molecule has 4 nitrogen and oxygen atoms in total. The fraction of sp³-hybridized carbons (Fsp3) is 0.500. The Morgan fingerprint density at radius 3 is 2.67 bits per heavy atom. The molecule has 0 radical (unpaired) electrons. The lowest BCUT2D eigenvalue weighted by atomic mass is 10.0. The number of carbonyl (C=O) groups excluding carboxylic acids is 1. The van der Waals surface area contributed by atoms with Gasteiger partial charge in [0.2, 0.25) is 5.91 Å². The molecule has 112 valence electrons. The van der Waals surface area contributed by atoms with E-state index in [4.69, 9.17) is 5.11 Å². The Hall–Kier alpha value is -1.62. The summed E-state index contributed by atoms with van der Waals surface area (Å²) in [4.78, 5) is 24.6. The van der Waals surface area contributed by atoms with Crippen LogP contribution >= 0.6 is 11.3 Å². The number of rotatable bonds is 5. The maximum atomic E-state index is 12.2. The van der Waals surface area contributed by atoms with Gasteiger partial charge < -0.3 is 10.4 Å². The van der Waals surface area contributed by atoms with Crippen LogP contribution in [-0.2, 0) is 16.1 Å². The molecule has 5 heteroatoms. The Kier molecular flexibility index (Phi) is 4.10. The van der Waals surface area contributed by atoms with E-state index in [1.54, 1.807) is 6.08 Å². The summed E-state index contributed by atoms with van der Waals surface area (Å²) in [5.41, 5.74) is 0. The van der Waals surface area contributed by atoms with Gasteiger partial charge in [0.05, 0.1) is 6.54 Å². The molecule has 0 saturated heterocycles. The third-order valence-corrected chi connectivity index (χ3v) is 5.52. The first kappa shape index (κ1) is 14.3. The van der Waals surface area contributed by atoms with E-state index in [0.717, 1.165) is 15.8 Å². The average Bonchev–Trinajstić information content (AvgIpc) is 3.03. The van der Waals surface area contributed by atoms with Crippen LogP contribution in [0.4, 0.5) is 0 Å². The molecule has 0 spiro atoms. The molecule has 0 aliphatic heterocycles. The van der Waals surface area contributed by atoms with Crippen LogP contribution in [0.2, 0.25) is 0 Å². The predicted octanol–water partition coefficient (Wildman–Crippen LogP) is 2.90. The Labute approximate surface area is 127 Å². The number of amides is 1. The summed E-state index contributed by atoms with van der Waals surface area (Å²) in [7, 11) is 0. The fourth-order valence-electron chi connectivity index (χ4n) is 3.41. The highest BCUT2D eigenvalue weighted by atomic mass is 32.1. The fourth-order valence-corrected chi connectivity index (χ4v) is 4.26. The first-order valence-corrected chi connectivity index (χ1v) is 8.24. The minimum absolute atomic E-state index is 0.197. The van der Waals surface area contributed by atoms with E-state index in [2.05, 4.69) is 5.32 Å². The number of carboxylic acids is 1. The first-order valence-electron chi connectivity index (χ1n) is 7.42. The average molecular weight is 305 g/mol. The quantitative estimate of drug-likeness (QED) is 0.822. The largest absolute Gasteiger partial charge is 0.478 e. The van der Waals surface area contributed by atoms with Crippen LogP contribution in [0.5, 0.6) is 0 Å². The highest BCUT2D eigenvalue weighted by Gasteiger charge is 2.54. The monoisotopic (exact) mass is 305 g/mol. The van der Waals surface area contributed by atoms with E-state index < -0.39 is 5.97 Å². The third kappa shape index (κ3) is 3.35. The van der Waals surface area contributed by atoms with Gasteiger partial charge in [0, 0.05) is 21.7 Å². The number of carboxylic acid groups (broad SMARTS) is 1. The van der Waals surface area contributed by atoms with Gasteiger partial charge in [-0.2, -0.15) is 0 Å². The van der Waals surface area contributed by atoms with Crippen LogP contribution in [0.3, 0.4) is 0 Å². The van der Waals surface area contributed by atoms with Crippen LogP contribution in [0.25, 0.3) is 6.08 Å². The lowest BCUT2D eigenvalue weighted by Crippen LogP contribution is -2.25. The zero-order chi connectivity index (χ0) is 14.8. The topological polar surface area (TPSA) is 66.4 Å². The molecule has 1 heterocycles. The van der Waals surface area contributed by atoms with Crippen molar-refractivity contribution in [2.75, 3.05) is 0 Å². The van der Waals surface area contributed by atoms with Crippen LogP contribution < -0.4 is 5.32 Å². The van der Waals surface area contributed by atoms with Crippen LogP contribution in [0, 0.1) is 17.8 Å². The van der Waals surface area contributed by atoms with Crippen molar-refractivity contribution in [3.05, 3.63) is 28.0 Å². The summed E-state index contributed by atoms with van der Waals surface area (Å²) in [6.07, 6.45) is 7.68. The molecule has 0 aromatic carbocycles. The Bertz CT molecular complexity index is 566. The van der Waals surface area contributed by atoms with Crippen molar-refractivity contribution in [2.24, 2.45) is 17.8 Å². The van der Waals surface area contributed by atoms with Gasteiger partial charge in [0.1, 0.15) is 0 Å². The molecule has 2 saturated carbocycles. The van der Waals surface area contributed by atoms with Crippen molar-refractivity contribution in [3.8, 4) is 0 Å². The number of hydrogen-bond acceptors (Lipinski definition) is 3. The lowest BCUT2D eigenvalue weighted by Gasteiger charge is -2.04. The molecule has 1 amide bonds. The number of hydrogen-bond donors (Lipinski definition) is 2. The van der Waals surface area contributed by atoms with Crippen LogP contribution in [0.1, 0.15) is 35.4 Å². The minimum atomic E-state index is -0.949. The molecule has 1 aromatic heterocycles. The van der Waals surface area contributed by atoms with Gasteiger partial charge in [-0.05, 0) is 42.9 Å². The van der Waals surface area contributed by atoms with Gasteiger partial charge in [-0.1, -0.05) is 12.8 Å². The predicted molar refractivity (Wildman–Crippen MR) is 81.8 cm³/mol. The normalized spacial score (nSPS) is 27.3. The van der Waals surface area contributed by atoms with Crippen LogP contribution in [-0.4, -0.2) is 17.0 Å². The molecule has 2 unspecified atom stereocenters.